The van der Waals surface area contributed by atoms with Crippen LogP contribution in [0.15, 0.2) is 51.7 Å². The molecule has 9 heteroatoms. The fraction of sp³-hybridized carbons (Fsp3) is 0.263. The van der Waals surface area contributed by atoms with E-state index < -0.39 is 10.7 Å². The number of halogens is 1. The number of non-ortho nitro benzene ring substituents is 1. The molecule has 1 N–H and O–H groups in total. The normalized spacial score (nSPS) is 12.1. The zero-order valence-corrected chi connectivity index (χ0v) is 15.8. The summed E-state index contributed by atoms with van der Waals surface area (Å²) in [5.41, 5.74) is 1.36. The first kappa shape index (κ1) is 19.6. The van der Waals surface area contributed by atoms with Crippen molar-refractivity contribution in [1.29, 1.82) is 0 Å². The lowest BCUT2D eigenvalue weighted by Crippen LogP contribution is -2.27. The number of rotatable bonds is 7. The average Bonchev–Trinajstić information content (AvgIpc) is 2.96. The number of nitrogens with zero attached hydrogens (tertiary/aromatic N) is 2. The highest BCUT2D eigenvalue weighted by molar-refractivity contribution is 6.30. The molecule has 1 aromatic heterocycles. The second-order valence-electron chi connectivity index (χ2n) is 6.38. The van der Waals surface area contributed by atoms with Crippen LogP contribution < -0.4 is 11.1 Å². The summed E-state index contributed by atoms with van der Waals surface area (Å²) in [6, 6.07) is 11.1. The average molecular weight is 404 g/mol. The second kappa shape index (κ2) is 8.26. The number of carbonyl (C=O) groups excluding carboxylic acids is 1. The Morgan fingerprint density at radius 3 is 2.82 bits per heavy atom. The minimum atomic E-state index is -0.608. The van der Waals surface area contributed by atoms with E-state index in [9.17, 15) is 19.7 Å². The summed E-state index contributed by atoms with van der Waals surface area (Å²) >= 11 is 5.96. The van der Waals surface area contributed by atoms with Crippen molar-refractivity contribution in [2.75, 3.05) is 0 Å². The van der Waals surface area contributed by atoms with E-state index in [0.717, 1.165) is 5.56 Å². The summed E-state index contributed by atoms with van der Waals surface area (Å²) in [5.74, 6) is -0.757. The third-order valence-corrected chi connectivity index (χ3v) is 4.61. The highest BCUT2D eigenvalue weighted by Gasteiger charge is 2.15. The zero-order chi connectivity index (χ0) is 20.3. The molecule has 1 unspecified atom stereocenters. The number of benzene rings is 2. The maximum Gasteiger partial charge on any atom is 0.419 e. The van der Waals surface area contributed by atoms with Crippen LogP contribution in [0, 0.1) is 10.1 Å². The third kappa shape index (κ3) is 4.40. The number of aryl methyl sites for hydroxylation is 1. The Morgan fingerprint density at radius 1 is 1.32 bits per heavy atom. The maximum atomic E-state index is 12.2. The molecule has 146 valence electrons. The number of hydrogen-bond acceptors (Lipinski definition) is 5. The quantitative estimate of drug-likeness (QED) is 0.476. The second-order valence-corrected chi connectivity index (χ2v) is 6.81. The van der Waals surface area contributed by atoms with E-state index in [4.69, 9.17) is 16.0 Å². The highest BCUT2D eigenvalue weighted by atomic mass is 35.5. The number of fused-ring (bicyclic) bond motifs is 1. The Hall–Kier alpha value is -3.13. The molecule has 8 nitrogen and oxygen atoms in total. The molecule has 0 bridgehead atoms. The molecule has 1 amide bonds. The van der Waals surface area contributed by atoms with Crippen LogP contribution in [0.25, 0.3) is 11.1 Å². The van der Waals surface area contributed by atoms with E-state index in [-0.39, 0.29) is 36.2 Å². The van der Waals surface area contributed by atoms with E-state index >= 15 is 0 Å². The van der Waals surface area contributed by atoms with Crippen LogP contribution in [0.3, 0.4) is 0 Å². The predicted molar refractivity (Wildman–Crippen MR) is 104 cm³/mol. The molecule has 1 atom stereocenters. The molecular weight excluding hydrogens is 386 g/mol. The highest BCUT2D eigenvalue weighted by Crippen LogP contribution is 2.21. The Balaban J connectivity index is 1.60. The van der Waals surface area contributed by atoms with E-state index in [1.165, 1.54) is 22.8 Å². The lowest BCUT2D eigenvalue weighted by molar-refractivity contribution is -0.384. The summed E-state index contributed by atoms with van der Waals surface area (Å²) in [5, 5.41) is 14.3. The molecule has 0 fully saturated rings. The summed E-state index contributed by atoms with van der Waals surface area (Å²) < 4.78 is 6.44. The van der Waals surface area contributed by atoms with Gasteiger partial charge in [-0.2, -0.15) is 0 Å². The van der Waals surface area contributed by atoms with E-state index in [0.29, 0.717) is 17.0 Å². The molecule has 0 radical (unpaired) electrons. The van der Waals surface area contributed by atoms with Gasteiger partial charge in [0.25, 0.3) is 5.69 Å². The van der Waals surface area contributed by atoms with Crippen LogP contribution in [0.5, 0.6) is 0 Å². The van der Waals surface area contributed by atoms with Gasteiger partial charge in [-0.3, -0.25) is 19.5 Å². The first-order chi connectivity index (χ1) is 13.3. The van der Waals surface area contributed by atoms with E-state index in [2.05, 4.69) is 5.32 Å². The smallest absolute Gasteiger partial charge is 0.407 e. The van der Waals surface area contributed by atoms with Gasteiger partial charge in [0.2, 0.25) is 5.91 Å². The van der Waals surface area contributed by atoms with Gasteiger partial charge in [0.05, 0.1) is 22.5 Å². The number of aromatic nitrogens is 1. The zero-order valence-electron chi connectivity index (χ0n) is 15.1. The first-order valence-electron chi connectivity index (χ1n) is 8.68. The number of nitrogens with one attached hydrogen (secondary N) is 1. The van der Waals surface area contributed by atoms with Crippen LogP contribution in [0.1, 0.15) is 31.4 Å². The molecule has 0 aliphatic rings. The van der Waals surface area contributed by atoms with Gasteiger partial charge in [-0.1, -0.05) is 23.7 Å². The van der Waals surface area contributed by atoms with Crippen molar-refractivity contribution >= 4 is 34.3 Å². The Labute approximate surface area is 164 Å². The van der Waals surface area contributed by atoms with Crippen molar-refractivity contribution in [1.82, 2.24) is 9.88 Å². The van der Waals surface area contributed by atoms with Crippen molar-refractivity contribution in [3.05, 3.63) is 73.7 Å². The molecule has 0 aliphatic heterocycles. The van der Waals surface area contributed by atoms with Crippen LogP contribution in [0.2, 0.25) is 5.02 Å². The van der Waals surface area contributed by atoms with Crippen molar-refractivity contribution in [2.45, 2.75) is 32.4 Å². The van der Waals surface area contributed by atoms with Crippen molar-refractivity contribution in [3.8, 4) is 0 Å². The molecule has 3 aromatic rings. The van der Waals surface area contributed by atoms with Gasteiger partial charge in [-0.15, -0.1) is 0 Å². The standard InChI is InChI=1S/C19H18ClN3O5/c1-12(13-4-2-5-14(20)10-13)21-18(24)6-3-9-22-16-8-7-15(23(26)27)11-17(16)28-19(22)25/h2,4-5,7-8,10-12H,3,6,9H2,1H3,(H,21,24). The van der Waals surface area contributed by atoms with Gasteiger partial charge in [-0.05, 0) is 37.1 Å². The predicted octanol–water partition coefficient (Wildman–Crippen LogP) is 3.81. The summed E-state index contributed by atoms with van der Waals surface area (Å²) in [4.78, 5) is 34.4. The third-order valence-electron chi connectivity index (χ3n) is 4.37. The fourth-order valence-corrected chi connectivity index (χ4v) is 3.15. The largest absolute Gasteiger partial charge is 0.419 e. The summed E-state index contributed by atoms with van der Waals surface area (Å²) in [6.45, 7) is 2.13. The number of nitro benzene ring substituents is 1. The number of carbonyl (C=O) groups is 1. The lowest BCUT2D eigenvalue weighted by atomic mass is 10.1. The van der Waals surface area contributed by atoms with Crippen molar-refractivity contribution < 1.29 is 14.1 Å². The van der Waals surface area contributed by atoms with Crippen molar-refractivity contribution in [2.24, 2.45) is 0 Å². The number of amides is 1. The van der Waals surface area contributed by atoms with Gasteiger partial charge < -0.3 is 9.73 Å². The molecule has 0 saturated heterocycles. The monoisotopic (exact) mass is 403 g/mol. The topological polar surface area (TPSA) is 107 Å². The van der Waals surface area contributed by atoms with Gasteiger partial charge in [0.15, 0.2) is 5.58 Å². The molecule has 3 rings (SSSR count). The molecule has 0 aliphatic carbocycles. The molecule has 0 spiro atoms. The van der Waals surface area contributed by atoms with Crippen LogP contribution >= 0.6 is 11.6 Å². The Morgan fingerprint density at radius 2 is 2.11 bits per heavy atom. The minimum absolute atomic E-state index is 0.149. The van der Waals surface area contributed by atoms with Crippen LogP contribution in [-0.2, 0) is 11.3 Å². The fourth-order valence-electron chi connectivity index (χ4n) is 2.95. The molecule has 2 aromatic carbocycles. The summed E-state index contributed by atoms with van der Waals surface area (Å²) in [6.07, 6.45) is 0.636. The van der Waals surface area contributed by atoms with Crippen LogP contribution in [0.4, 0.5) is 5.69 Å². The SMILES string of the molecule is CC(NC(=O)CCCn1c(=O)oc2cc([N+](=O)[O-])ccc21)c1cccc(Cl)c1. The maximum absolute atomic E-state index is 12.2. The molecule has 28 heavy (non-hydrogen) atoms. The van der Waals surface area contributed by atoms with Gasteiger partial charge >= 0.3 is 5.76 Å². The van der Waals surface area contributed by atoms with Crippen molar-refractivity contribution in [3.63, 3.8) is 0 Å². The number of oxazole rings is 1. The first-order valence-corrected chi connectivity index (χ1v) is 9.05. The summed E-state index contributed by atoms with van der Waals surface area (Å²) in [7, 11) is 0. The lowest BCUT2D eigenvalue weighted by Gasteiger charge is -2.14. The number of nitro groups is 1. The molecule has 1 heterocycles. The number of hydrogen-bond donors (Lipinski definition) is 1. The Kier molecular flexibility index (Phi) is 5.79. The van der Waals surface area contributed by atoms with Gasteiger partial charge in [-0.25, -0.2) is 4.79 Å². The molecular formula is C19H18ClN3O5. The Bertz CT molecular complexity index is 1090. The minimum Gasteiger partial charge on any atom is -0.407 e. The van der Waals surface area contributed by atoms with Crippen LogP contribution in [-0.4, -0.2) is 15.4 Å². The van der Waals surface area contributed by atoms with Gasteiger partial charge in [0.1, 0.15) is 0 Å². The van der Waals surface area contributed by atoms with Gasteiger partial charge in [0, 0.05) is 24.1 Å². The molecule has 0 saturated carbocycles. The van der Waals surface area contributed by atoms with E-state index in [1.807, 2.05) is 19.1 Å². The van der Waals surface area contributed by atoms with E-state index in [1.54, 1.807) is 12.1 Å².